The quantitative estimate of drug-likeness (QED) is 0.697. The summed E-state index contributed by atoms with van der Waals surface area (Å²) in [6.07, 6.45) is 3.45. The molecule has 6 heteroatoms. The summed E-state index contributed by atoms with van der Waals surface area (Å²) in [6.45, 7) is 0. The fourth-order valence-corrected chi connectivity index (χ4v) is 1.41. The van der Waals surface area contributed by atoms with E-state index >= 15 is 0 Å². The van der Waals surface area contributed by atoms with E-state index < -0.39 is 0 Å². The first-order valence-corrected chi connectivity index (χ1v) is 4.70. The molecule has 0 atom stereocenters. The number of imidazole rings is 1. The molecule has 2 heterocycles. The van der Waals surface area contributed by atoms with Gasteiger partial charge in [0, 0.05) is 0 Å². The highest BCUT2D eigenvalue weighted by Crippen LogP contribution is 2.11. The van der Waals surface area contributed by atoms with Crippen molar-refractivity contribution in [3.05, 3.63) is 35.9 Å². The second kappa shape index (κ2) is 3.58. The number of hydrogen-bond acceptors (Lipinski definition) is 5. The molecule has 0 radical (unpaired) electrons. The Morgan fingerprint density at radius 3 is 2.94 bits per heavy atom. The van der Waals surface area contributed by atoms with Crippen LogP contribution in [0.4, 0.5) is 0 Å². The highest BCUT2D eigenvalue weighted by Gasteiger charge is 1.99. The van der Waals surface area contributed by atoms with Crippen LogP contribution in [0.25, 0.3) is 23.2 Å². The van der Waals surface area contributed by atoms with Gasteiger partial charge in [-0.25, -0.2) is 9.61 Å². The van der Waals surface area contributed by atoms with Gasteiger partial charge in [-0.2, -0.15) is 0 Å². The molecule has 0 aliphatic rings. The Hall–Kier alpha value is -2.50. The average Bonchev–Trinajstić information content (AvgIpc) is 2.95. The van der Waals surface area contributed by atoms with Gasteiger partial charge < -0.3 is 4.98 Å². The monoisotopic (exact) mass is 213 g/mol. The van der Waals surface area contributed by atoms with Crippen LogP contribution in [0.3, 0.4) is 0 Å². The Bertz CT molecular complexity index is 593. The van der Waals surface area contributed by atoms with E-state index in [0.29, 0.717) is 5.82 Å². The molecule has 0 saturated heterocycles. The summed E-state index contributed by atoms with van der Waals surface area (Å²) >= 11 is 0. The maximum Gasteiger partial charge on any atom is 0.219 e. The molecule has 1 N–H and O–H groups in total. The highest BCUT2D eigenvalue weighted by atomic mass is 16.6. The van der Waals surface area contributed by atoms with Gasteiger partial charge in [-0.15, -0.1) is 0 Å². The van der Waals surface area contributed by atoms with Crippen LogP contribution in [0.2, 0.25) is 0 Å². The van der Waals surface area contributed by atoms with Crippen LogP contribution in [-0.2, 0) is 0 Å². The molecule has 0 fully saturated rings. The predicted octanol–water partition coefficient (Wildman–Crippen LogP) is 1.51. The lowest BCUT2D eigenvalue weighted by Gasteiger charge is -1.81. The zero-order chi connectivity index (χ0) is 10.8. The molecule has 0 saturated carbocycles. The van der Waals surface area contributed by atoms with E-state index in [4.69, 9.17) is 0 Å². The third kappa shape index (κ3) is 1.56. The molecule has 0 amide bonds. The number of aromatic nitrogens is 5. The van der Waals surface area contributed by atoms with Crippen molar-refractivity contribution in [2.45, 2.75) is 0 Å². The van der Waals surface area contributed by atoms with Gasteiger partial charge in [0.15, 0.2) is 0 Å². The number of aromatic amines is 1. The zero-order valence-corrected chi connectivity index (χ0v) is 8.16. The van der Waals surface area contributed by atoms with Gasteiger partial charge in [0.05, 0.1) is 16.3 Å². The Morgan fingerprint density at radius 2 is 2.12 bits per heavy atom. The van der Waals surface area contributed by atoms with E-state index in [2.05, 4.69) is 30.1 Å². The molecule has 16 heavy (non-hydrogen) atoms. The number of hydrogen-bond donors (Lipinski definition) is 1. The molecular weight excluding hydrogens is 206 g/mol. The van der Waals surface area contributed by atoms with Crippen LogP contribution in [0.15, 0.2) is 28.9 Å². The van der Waals surface area contributed by atoms with Crippen LogP contribution in [0.1, 0.15) is 11.6 Å². The molecule has 2 aromatic heterocycles. The summed E-state index contributed by atoms with van der Waals surface area (Å²) in [7, 11) is 0. The summed E-state index contributed by atoms with van der Waals surface area (Å²) in [4.78, 5) is 7.52. The van der Waals surface area contributed by atoms with Gasteiger partial charge in [0.25, 0.3) is 0 Å². The van der Waals surface area contributed by atoms with Crippen molar-refractivity contribution in [1.82, 2.24) is 25.5 Å². The van der Waals surface area contributed by atoms with Gasteiger partial charge in [-0.1, -0.05) is 17.2 Å². The predicted molar refractivity (Wildman–Crippen MR) is 57.1 cm³/mol. The summed E-state index contributed by atoms with van der Waals surface area (Å²) in [6, 6.07) is 7.81. The Labute approximate surface area is 90.0 Å². The van der Waals surface area contributed by atoms with E-state index in [9.17, 15) is 0 Å². The fourth-order valence-electron chi connectivity index (χ4n) is 1.41. The first-order valence-electron chi connectivity index (χ1n) is 4.70. The number of nitrogens with one attached hydrogen (secondary N) is 1. The molecule has 0 bridgehead atoms. The molecule has 3 rings (SSSR count). The standard InChI is InChI=1S/C10H7N5O/c1-2-4-8-7(3-1)11-9(12-8)5-6-10-13-15-16-14-10/h1-6H,(H,11,12). The highest BCUT2D eigenvalue weighted by molar-refractivity contribution is 5.78. The summed E-state index contributed by atoms with van der Waals surface area (Å²) in [5, 5.41) is 10.4. The smallest absolute Gasteiger partial charge is 0.219 e. The Morgan fingerprint density at radius 1 is 1.19 bits per heavy atom. The Balaban J connectivity index is 1.95. The number of H-pyrrole nitrogens is 1. The van der Waals surface area contributed by atoms with E-state index in [1.807, 2.05) is 24.3 Å². The normalized spacial score (nSPS) is 11.5. The lowest BCUT2D eigenvalue weighted by Crippen LogP contribution is -1.76. The third-order valence-corrected chi connectivity index (χ3v) is 2.11. The maximum atomic E-state index is 4.37. The van der Waals surface area contributed by atoms with Crippen LogP contribution < -0.4 is 0 Å². The number of benzene rings is 1. The van der Waals surface area contributed by atoms with Gasteiger partial charge >= 0.3 is 0 Å². The molecule has 0 aliphatic carbocycles. The topological polar surface area (TPSA) is 80.5 Å². The number of fused-ring (bicyclic) bond motifs is 1. The summed E-state index contributed by atoms with van der Waals surface area (Å²) in [5.74, 6) is 1.16. The van der Waals surface area contributed by atoms with Crippen LogP contribution in [-0.4, -0.2) is 25.5 Å². The lowest BCUT2D eigenvalue weighted by molar-refractivity contribution is 0.292. The summed E-state index contributed by atoms with van der Waals surface area (Å²) in [5.41, 5.74) is 1.92. The second-order valence-electron chi connectivity index (χ2n) is 3.19. The van der Waals surface area contributed by atoms with Crippen LogP contribution >= 0.6 is 0 Å². The first kappa shape index (κ1) is 8.78. The molecule has 0 unspecified atom stereocenters. The van der Waals surface area contributed by atoms with Crippen molar-refractivity contribution >= 4 is 23.2 Å². The fraction of sp³-hybridized carbons (Fsp3) is 0. The molecule has 0 spiro atoms. The van der Waals surface area contributed by atoms with E-state index in [1.54, 1.807) is 12.2 Å². The molecular formula is C10H7N5O. The van der Waals surface area contributed by atoms with Crippen molar-refractivity contribution in [2.75, 3.05) is 0 Å². The maximum absolute atomic E-state index is 4.37. The van der Waals surface area contributed by atoms with Gasteiger partial charge in [-0.05, 0) is 29.4 Å². The van der Waals surface area contributed by atoms with Crippen molar-refractivity contribution < 1.29 is 4.63 Å². The average molecular weight is 213 g/mol. The minimum atomic E-state index is 0.417. The molecule has 0 aliphatic heterocycles. The first-order chi connectivity index (χ1) is 7.92. The lowest BCUT2D eigenvalue weighted by atomic mass is 10.3. The van der Waals surface area contributed by atoms with Crippen molar-refractivity contribution in [1.29, 1.82) is 0 Å². The van der Waals surface area contributed by atoms with Crippen molar-refractivity contribution in [3.8, 4) is 0 Å². The molecule has 1 aromatic carbocycles. The molecule has 78 valence electrons. The third-order valence-electron chi connectivity index (χ3n) is 2.11. The van der Waals surface area contributed by atoms with E-state index in [0.717, 1.165) is 16.9 Å². The van der Waals surface area contributed by atoms with Crippen LogP contribution in [0.5, 0.6) is 0 Å². The summed E-state index contributed by atoms with van der Waals surface area (Å²) < 4.78 is 4.37. The van der Waals surface area contributed by atoms with Gasteiger partial charge in [-0.3, -0.25) is 0 Å². The van der Waals surface area contributed by atoms with E-state index in [1.165, 1.54) is 0 Å². The zero-order valence-electron chi connectivity index (χ0n) is 8.16. The molecule has 3 aromatic rings. The SMILES string of the molecule is C(=Cc1nc2ccccc2[nH]1)c1nnon1. The van der Waals surface area contributed by atoms with Crippen molar-refractivity contribution in [2.24, 2.45) is 0 Å². The van der Waals surface area contributed by atoms with Crippen molar-refractivity contribution in [3.63, 3.8) is 0 Å². The largest absolute Gasteiger partial charge is 0.338 e. The minimum absolute atomic E-state index is 0.417. The number of rotatable bonds is 2. The second-order valence-corrected chi connectivity index (χ2v) is 3.19. The van der Waals surface area contributed by atoms with Gasteiger partial charge in [0.1, 0.15) is 5.82 Å². The van der Waals surface area contributed by atoms with Crippen LogP contribution in [0, 0.1) is 0 Å². The molecule has 6 nitrogen and oxygen atoms in total. The number of nitrogens with zero attached hydrogens (tertiary/aromatic N) is 4. The number of para-hydroxylation sites is 2. The van der Waals surface area contributed by atoms with E-state index in [-0.39, 0.29) is 0 Å². The minimum Gasteiger partial charge on any atom is -0.338 e. The Kier molecular flexibility index (Phi) is 1.96. The van der Waals surface area contributed by atoms with Gasteiger partial charge in [0.2, 0.25) is 5.82 Å².